The molecule has 0 radical (unpaired) electrons. The van der Waals surface area contributed by atoms with Crippen LogP contribution in [0.5, 0.6) is 5.75 Å². The van der Waals surface area contributed by atoms with Gasteiger partial charge in [-0.25, -0.2) is 0 Å². The summed E-state index contributed by atoms with van der Waals surface area (Å²) in [5, 5.41) is 12.5. The SMILES string of the molecule is COc1ccc(NC(=O)C2(C)CCCc3ccccc32)cc1CO. The van der Waals surface area contributed by atoms with Crippen LogP contribution in [0.1, 0.15) is 36.5 Å². The molecular formula is C20H23NO3. The normalized spacial score (nSPS) is 19.5. The summed E-state index contributed by atoms with van der Waals surface area (Å²) in [5.74, 6) is 0.605. The highest BCUT2D eigenvalue weighted by Crippen LogP contribution is 2.38. The highest BCUT2D eigenvalue weighted by molar-refractivity contribution is 5.99. The summed E-state index contributed by atoms with van der Waals surface area (Å²) in [4.78, 5) is 13.0. The Morgan fingerprint density at radius 2 is 2.08 bits per heavy atom. The van der Waals surface area contributed by atoms with Gasteiger partial charge in [0.25, 0.3) is 0 Å². The Labute approximate surface area is 142 Å². The van der Waals surface area contributed by atoms with Gasteiger partial charge in [-0.2, -0.15) is 0 Å². The zero-order valence-corrected chi connectivity index (χ0v) is 14.1. The minimum Gasteiger partial charge on any atom is -0.496 e. The number of carbonyl (C=O) groups is 1. The van der Waals surface area contributed by atoms with Crippen LogP contribution in [0, 0.1) is 0 Å². The molecule has 1 aliphatic rings. The van der Waals surface area contributed by atoms with E-state index in [4.69, 9.17) is 4.74 Å². The molecule has 0 fully saturated rings. The van der Waals surface area contributed by atoms with E-state index in [-0.39, 0.29) is 12.5 Å². The highest BCUT2D eigenvalue weighted by Gasteiger charge is 2.38. The Morgan fingerprint density at radius 3 is 2.83 bits per heavy atom. The van der Waals surface area contributed by atoms with E-state index in [0.717, 1.165) is 24.8 Å². The molecule has 1 unspecified atom stereocenters. The van der Waals surface area contributed by atoms with Crippen LogP contribution in [0.2, 0.25) is 0 Å². The Bertz CT molecular complexity index is 756. The first-order valence-corrected chi connectivity index (χ1v) is 8.26. The van der Waals surface area contributed by atoms with Crippen molar-refractivity contribution in [1.29, 1.82) is 0 Å². The van der Waals surface area contributed by atoms with Gasteiger partial charge in [0.1, 0.15) is 5.75 Å². The lowest BCUT2D eigenvalue weighted by atomic mass is 9.70. The summed E-state index contributed by atoms with van der Waals surface area (Å²) in [7, 11) is 1.56. The van der Waals surface area contributed by atoms with Crippen molar-refractivity contribution in [1.82, 2.24) is 0 Å². The predicted octanol–water partition coefficient (Wildman–Crippen LogP) is 3.42. The van der Waals surface area contributed by atoms with Crippen LogP contribution >= 0.6 is 0 Å². The van der Waals surface area contributed by atoms with Crippen LogP contribution in [-0.4, -0.2) is 18.1 Å². The third-order valence-corrected chi connectivity index (χ3v) is 4.94. The molecule has 0 heterocycles. The Balaban J connectivity index is 1.88. The van der Waals surface area contributed by atoms with Gasteiger partial charge in [-0.15, -0.1) is 0 Å². The van der Waals surface area contributed by atoms with Gasteiger partial charge in [0.2, 0.25) is 5.91 Å². The van der Waals surface area contributed by atoms with Gasteiger partial charge in [0.05, 0.1) is 19.1 Å². The molecule has 24 heavy (non-hydrogen) atoms. The first-order chi connectivity index (χ1) is 11.6. The number of aliphatic hydroxyl groups is 1. The Kier molecular flexibility index (Phi) is 4.58. The number of hydrogen-bond acceptors (Lipinski definition) is 3. The van der Waals surface area contributed by atoms with Crippen LogP contribution < -0.4 is 10.1 Å². The first kappa shape index (κ1) is 16.5. The van der Waals surface area contributed by atoms with E-state index in [1.54, 1.807) is 25.3 Å². The minimum absolute atomic E-state index is 0.0105. The monoisotopic (exact) mass is 325 g/mol. The molecule has 0 saturated carbocycles. The number of hydrogen-bond donors (Lipinski definition) is 2. The maximum atomic E-state index is 13.0. The predicted molar refractivity (Wildman–Crippen MR) is 94.3 cm³/mol. The zero-order chi connectivity index (χ0) is 17.2. The lowest BCUT2D eigenvalue weighted by molar-refractivity contribution is -0.121. The lowest BCUT2D eigenvalue weighted by Crippen LogP contribution is -2.40. The molecule has 2 N–H and O–H groups in total. The number of anilines is 1. The van der Waals surface area contributed by atoms with Gasteiger partial charge in [-0.3, -0.25) is 4.79 Å². The summed E-state index contributed by atoms with van der Waals surface area (Å²) < 4.78 is 5.21. The average Bonchev–Trinajstić information content (AvgIpc) is 2.62. The fraction of sp³-hybridized carbons (Fsp3) is 0.350. The summed E-state index contributed by atoms with van der Waals surface area (Å²) in [6.45, 7) is 1.88. The summed E-state index contributed by atoms with van der Waals surface area (Å²) in [6, 6.07) is 13.5. The van der Waals surface area contributed by atoms with Crippen LogP contribution in [0.15, 0.2) is 42.5 Å². The fourth-order valence-electron chi connectivity index (χ4n) is 3.53. The molecular weight excluding hydrogens is 302 g/mol. The Hall–Kier alpha value is -2.33. The number of amides is 1. The van der Waals surface area contributed by atoms with Crippen LogP contribution in [0.3, 0.4) is 0 Å². The topological polar surface area (TPSA) is 58.6 Å². The fourth-order valence-corrected chi connectivity index (χ4v) is 3.53. The minimum atomic E-state index is -0.534. The molecule has 0 saturated heterocycles. The van der Waals surface area contributed by atoms with E-state index in [1.165, 1.54) is 5.56 Å². The summed E-state index contributed by atoms with van der Waals surface area (Å²) in [6.07, 6.45) is 2.86. The second kappa shape index (κ2) is 6.65. The van der Waals surface area contributed by atoms with Gasteiger partial charge in [-0.05, 0) is 55.5 Å². The molecule has 126 valence electrons. The first-order valence-electron chi connectivity index (χ1n) is 8.26. The number of fused-ring (bicyclic) bond motifs is 1. The Morgan fingerprint density at radius 1 is 1.29 bits per heavy atom. The van der Waals surface area contributed by atoms with Crippen molar-refractivity contribution in [3.05, 3.63) is 59.2 Å². The van der Waals surface area contributed by atoms with Crippen molar-refractivity contribution in [2.24, 2.45) is 0 Å². The third-order valence-electron chi connectivity index (χ3n) is 4.94. The molecule has 1 atom stereocenters. The molecule has 4 nitrogen and oxygen atoms in total. The smallest absolute Gasteiger partial charge is 0.234 e. The van der Waals surface area contributed by atoms with E-state index in [1.807, 2.05) is 19.1 Å². The number of methoxy groups -OCH3 is 1. The largest absolute Gasteiger partial charge is 0.496 e. The summed E-state index contributed by atoms with van der Waals surface area (Å²) in [5.41, 5.74) is 3.17. The maximum Gasteiger partial charge on any atom is 0.234 e. The molecule has 4 heteroatoms. The molecule has 0 aliphatic heterocycles. The van der Waals surface area contributed by atoms with Gasteiger partial charge >= 0.3 is 0 Å². The van der Waals surface area contributed by atoms with Crippen LogP contribution in [0.4, 0.5) is 5.69 Å². The molecule has 3 rings (SSSR count). The lowest BCUT2D eigenvalue weighted by Gasteiger charge is -2.34. The van der Waals surface area contributed by atoms with Gasteiger partial charge in [0.15, 0.2) is 0 Å². The van der Waals surface area contributed by atoms with E-state index in [0.29, 0.717) is 17.0 Å². The molecule has 2 aromatic rings. The van der Waals surface area contributed by atoms with Crippen LogP contribution in [0.25, 0.3) is 0 Å². The summed E-state index contributed by atoms with van der Waals surface area (Å²) >= 11 is 0. The highest BCUT2D eigenvalue weighted by atomic mass is 16.5. The van der Waals surface area contributed by atoms with E-state index >= 15 is 0 Å². The van der Waals surface area contributed by atoms with Gasteiger partial charge in [0, 0.05) is 11.3 Å². The molecule has 0 bridgehead atoms. The number of carbonyl (C=O) groups excluding carboxylic acids is 1. The average molecular weight is 325 g/mol. The van der Waals surface area contributed by atoms with Crippen molar-refractivity contribution in [3.8, 4) is 5.75 Å². The van der Waals surface area contributed by atoms with Gasteiger partial charge < -0.3 is 15.2 Å². The number of aryl methyl sites for hydroxylation is 1. The van der Waals surface area contributed by atoms with E-state index in [2.05, 4.69) is 17.4 Å². The zero-order valence-electron chi connectivity index (χ0n) is 14.1. The van der Waals surface area contributed by atoms with Crippen molar-refractivity contribution < 1.29 is 14.6 Å². The molecule has 2 aromatic carbocycles. The maximum absolute atomic E-state index is 13.0. The quantitative estimate of drug-likeness (QED) is 0.905. The standard InChI is InChI=1S/C20H23NO3/c1-20(11-5-7-14-6-3-4-8-17(14)20)19(23)21-16-9-10-18(24-2)15(12-16)13-22/h3-4,6,8-10,12,22H,5,7,11,13H2,1-2H3,(H,21,23). The number of aliphatic hydroxyl groups excluding tert-OH is 1. The third kappa shape index (κ3) is 2.89. The van der Waals surface area contributed by atoms with Crippen molar-refractivity contribution >= 4 is 11.6 Å². The van der Waals surface area contributed by atoms with Crippen molar-refractivity contribution in [2.45, 2.75) is 38.2 Å². The molecule has 1 amide bonds. The van der Waals surface area contributed by atoms with E-state index < -0.39 is 5.41 Å². The van der Waals surface area contributed by atoms with Crippen molar-refractivity contribution in [3.63, 3.8) is 0 Å². The molecule has 0 spiro atoms. The second-order valence-corrected chi connectivity index (χ2v) is 6.48. The van der Waals surface area contributed by atoms with Crippen LogP contribution in [-0.2, 0) is 23.2 Å². The number of benzene rings is 2. The van der Waals surface area contributed by atoms with Crippen molar-refractivity contribution in [2.75, 3.05) is 12.4 Å². The number of rotatable bonds is 4. The number of ether oxygens (including phenoxy) is 1. The molecule has 0 aromatic heterocycles. The second-order valence-electron chi connectivity index (χ2n) is 6.48. The number of nitrogens with one attached hydrogen (secondary N) is 1. The van der Waals surface area contributed by atoms with Gasteiger partial charge in [-0.1, -0.05) is 24.3 Å². The molecule has 1 aliphatic carbocycles. The van der Waals surface area contributed by atoms with E-state index in [9.17, 15) is 9.90 Å².